The van der Waals surface area contributed by atoms with Crippen molar-refractivity contribution in [3.63, 3.8) is 0 Å². The smallest absolute Gasteiger partial charge is 0.218 e. The van der Waals surface area contributed by atoms with Gasteiger partial charge in [0.15, 0.2) is 21.0 Å². The first-order chi connectivity index (χ1) is 9.78. The molecule has 0 aliphatic heterocycles. The van der Waals surface area contributed by atoms with Crippen molar-refractivity contribution in [1.82, 2.24) is 24.1 Å². The average molecular weight is 303 g/mol. The molecule has 0 bridgehead atoms. The van der Waals surface area contributed by atoms with Gasteiger partial charge in [0, 0.05) is 6.54 Å². The zero-order valence-electron chi connectivity index (χ0n) is 10.5. The number of hydrogen-bond acceptors (Lipinski definition) is 6. The zero-order valence-corrected chi connectivity index (χ0v) is 12.1. The topological polar surface area (TPSA) is 61.2 Å². The van der Waals surface area contributed by atoms with Crippen molar-refractivity contribution in [3.8, 4) is 11.6 Å². The van der Waals surface area contributed by atoms with Gasteiger partial charge < -0.3 is 8.98 Å². The van der Waals surface area contributed by atoms with E-state index in [0.29, 0.717) is 11.6 Å². The third-order valence-electron chi connectivity index (χ3n) is 3.05. The molecule has 0 amide bonds. The fourth-order valence-electron chi connectivity index (χ4n) is 2.13. The van der Waals surface area contributed by atoms with Gasteiger partial charge in [0.05, 0.1) is 6.26 Å². The molecule has 4 aromatic rings. The van der Waals surface area contributed by atoms with Crippen LogP contribution >= 0.6 is 23.6 Å². The van der Waals surface area contributed by atoms with Gasteiger partial charge in [-0.3, -0.25) is 0 Å². The summed E-state index contributed by atoms with van der Waals surface area (Å²) in [6.45, 7) is 2.84. The Hall–Kier alpha value is -2.06. The summed E-state index contributed by atoms with van der Waals surface area (Å²) in [6, 6.07) is 3.64. The minimum absolute atomic E-state index is 0.548. The van der Waals surface area contributed by atoms with Gasteiger partial charge in [0.2, 0.25) is 5.82 Å². The molecule has 0 N–H and O–H groups in total. The summed E-state index contributed by atoms with van der Waals surface area (Å²) in [7, 11) is 0. The van der Waals surface area contributed by atoms with E-state index in [1.807, 2.05) is 23.6 Å². The third-order valence-corrected chi connectivity index (χ3v) is 4.48. The van der Waals surface area contributed by atoms with Crippen LogP contribution in [0.25, 0.3) is 27.6 Å². The van der Waals surface area contributed by atoms with Crippen molar-refractivity contribution in [2.75, 3.05) is 0 Å². The molecule has 0 atom stereocenters. The van der Waals surface area contributed by atoms with Crippen molar-refractivity contribution < 1.29 is 4.42 Å². The van der Waals surface area contributed by atoms with Crippen molar-refractivity contribution in [2.45, 2.75) is 13.5 Å². The summed E-state index contributed by atoms with van der Waals surface area (Å²) >= 11 is 6.87. The number of aromatic nitrogens is 5. The monoisotopic (exact) mass is 303 g/mol. The van der Waals surface area contributed by atoms with Gasteiger partial charge in [0.1, 0.15) is 11.0 Å². The Bertz CT molecular complexity index is 963. The van der Waals surface area contributed by atoms with Crippen LogP contribution in [0.3, 0.4) is 0 Å². The minimum atomic E-state index is 0.548. The molecule has 0 spiro atoms. The first kappa shape index (κ1) is 11.7. The van der Waals surface area contributed by atoms with Crippen molar-refractivity contribution >= 4 is 39.5 Å². The minimum Gasteiger partial charge on any atom is -0.461 e. The zero-order chi connectivity index (χ0) is 13.7. The highest BCUT2D eigenvalue weighted by atomic mass is 32.1. The number of aryl methyl sites for hydroxylation is 1. The van der Waals surface area contributed by atoms with Gasteiger partial charge in [-0.05, 0) is 31.3 Å². The number of furan rings is 1. The molecule has 0 saturated heterocycles. The predicted octanol–water partition coefficient (Wildman–Crippen LogP) is 3.15. The third kappa shape index (κ3) is 1.55. The van der Waals surface area contributed by atoms with E-state index in [1.165, 1.54) is 11.3 Å². The summed E-state index contributed by atoms with van der Waals surface area (Å²) in [5.74, 6) is 1.19. The summed E-state index contributed by atoms with van der Waals surface area (Å²) in [5.41, 5.74) is 1.61. The lowest BCUT2D eigenvalue weighted by atomic mass is 10.4. The summed E-state index contributed by atoms with van der Waals surface area (Å²) in [5, 5.41) is 4.38. The Labute approximate surface area is 122 Å². The van der Waals surface area contributed by atoms with E-state index < -0.39 is 0 Å². The maximum Gasteiger partial charge on any atom is 0.218 e. The summed E-state index contributed by atoms with van der Waals surface area (Å²) in [6.07, 6.45) is 3.26. The van der Waals surface area contributed by atoms with Crippen LogP contribution in [-0.4, -0.2) is 24.1 Å². The molecule has 0 radical (unpaired) electrons. The van der Waals surface area contributed by atoms with Gasteiger partial charge in [-0.25, -0.2) is 14.5 Å². The van der Waals surface area contributed by atoms with Crippen LogP contribution < -0.4 is 0 Å². The fourth-order valence-corrected chi connectivity index (χ4v) is 3.58. The van der Waals surface area contributed by atoms with Gasteiger partial charge >= 0.3 is 0 Å². The number of hydrogen-bond donors (Lipinski definition) is 0. The Balaban J connectivity index is 2.07. The lowest BCUT2D eigenvalue weighted by Crippen LogP contribution is -1.97. The highest BCUT2D eigenvalue weighted by molar-refractivity contribution is 7.73. The second-order valence-corrected chi connectivity index (χ2v) is 5.83. The van der Waals surface area contributed by atoms with Crippen LogP contribution in [0.4, 0.5) is 0 Å². The Morgan fingerprint density at radius 3 is 3.05 bits per heavy atom. The second kappa shape index (κ2) is 4.22. The standard InChI is InChI=1S/C12H9N5OS2/c1-2-16-10-8(20-12(16)19)11-14-9(7-4-3-5-18-7)15-17(11)6-13-10/h3-6H,2H2,1H3. The van der Waals surface area contributed by atoms with Crippen LogP contribution in [0.15, 0.2) is 29.1 Å². The van der Waals surface area contributed by atoms with E-state index in [0.717, 1.165) is 26.5 Å². The van der Waals surface area contributed by atoms with Crippen LogP contribution in [0.2, 0.25) is 0 Å². The second-order valence-electron chi connectivity index (χ2n) is 4.19. The Morgan fingerprint density at radius 2 is 2.30 bits per heavy atom. The van der Waals surface area contributed by atoms with Crippen molar-refractivity contribution in [2.24, 2.45) is 0 Å². The van der Waals surface area contributed by atoms with Gasteiger partial charge in [-0.15, -0.1) is 5.10 Å². The lowest BCUT2D eigenvalue weighted by Gasteiger charge is -1.97. The number of fused-ring (bicyclic) bond motifs is 3. The fraction of sp³-hybridized carbons (Fsp3) is 0.167. The van der Waals surface area contributed by atoms with E-state index in [9.17, 15) is 0 Å². The first-order valence-electron chi connectivity index (χ1n) is 6.06. The summed E-state index contributed by atoms with van der Waals surface area (Å²) in [4.78, 5) is 8.97. The highest BCUT2D eigenvalue weighted by Gasteiger charge is 2.15. The Kier molecular flexibility index (Phi) is 2.48. The number of nitrogens with zero attached hydrogens (tertiary/aromatic N) is 5. The van der Waals surface area contributed by atoms with Crippen LogP contribution in [0, 0.1) is 3.95 Å². The van der Waals surface area contributed by atoms with E-state index in [4.69, 9.17) is 16.6 Å². The molecule has 0 aliphatic rings. The molecule has 0 saturated carbocycles. The van der Waals surface area contributed by atoms with Crippen LogP contribution in [-0.2, 0) is 6.54 Å². The summed E-state index contributed by atoms with van der Waals surface area (Å²) < 4.78 is 10.7. The first-order valence-corrected chi connectivity index (χ1v) is 7.29. The molecule has 0 aliphatic carbocycles. The van der Waals surface area contributed by atoms with E-state index in [-0.39, 0.29) is 0 Å². The molecule has 0 aromatic carbocycles. The number of thiazole rings is 1. The van der Waals surface area contributed by atoms with Gasteiger partial charge in [-0.2, -0.15) is 0 Å². The number of rotatable bonds is 2. The van der Waals surface area contributed by atoms with Crippen molar-refractivity contribution in [1.29, 1.82) is 0 Å². The van der Waals surface area contributed by atoms with Gasteiger partial charge in [-0.1, -0.05) is 11.3 Å². The van der Waals surface area contributed by atoms with E-state index >= 15 is 0 Å². The molecule has 4 aromatic heterocycles. The molecule has 6 nitrogen and oxygen atoms in total. The largest absolute Gasteiger partial charge is 0.461 e. The quantitative estimate of drug-likeness (QED) is 0.532. The average Bonchev–Trinajstić information content (AvgIpc) is 3.14. The molecule has 4 heterocycles. The lowest BCUT2D eigenvalue weighted by molar-refractivity contribution is 0.577. The molecule has 4 rings (SSSR count). The van der Waals surface area contributed by atoms with Crippen LogP contribution in [0.1, 0.15) is 6.92 Å². The van der Waals surface area contributed by atoms with Crippen molar-refractivity contribution in [3.05, 3.63) is 28.7 Å². The van der Waals surface area contributed by atoms with E-state index in [2.05, 4.69) is 15.1 Å². The SMILES string of the molecule is CCn1c(=S)sc2c1ncn1nc(-c3ccco3)nc21. The molecule has 0 unspecified atom stereocenters. The predicted molar refractivity (Wildman–Crippen MR) is 78.4 cm³/mol. The van der Waals surface area contributed by atoms with Gasteiger partial charge in [0.25, 0.3) is 0 Å². The maximum atomic E-state index is 5.37. The van der Waals surface area contributed by atoms with E-state index in [1.54, 1.807) is 17.1 Å². The molecule has 100 valence electrons. The Morgan fingerprint density at radius 1 is 1.40 bits per heavy atom. The molecule has 0 fully saturated rings. The van der Waals surface area contributed by atoms with Crippen LogP contribution in [0.5, 0.6) is 0 Å². The molecular formula is C12H9N5OS2. The molecule has 20 heavy (non-hydrogen) atoms. The normalized spacial score (nSPS) is 11.7. The molecular weight excluding hydrogens is 294 g/mol. The molecule has 8 heteroatoms. The maximum absolute atomic E-state index is 5.37. The highest BCUT2D eigenvalue weighted by Crippen LogP contribution is 2.26.